The van der Waals surface area contributed by atoms with Crippen LogP contribution in [0, 0.1) is 0 Å². The van der Waals surface area contributed by atoms with Crippen LogP contribution in [-0.2, 0) is 31.2 Å². The minimum absolute atomic E-state index is 0.00413. The fourth-order valence-electron chi connectivity index (χ4n) is 3.21. The van der Waals surface area contributed by atoms with Gasteiger partial charge < -0.3 is 5.32 Å². The smallest absolute Gasteiger partial charge is 0.262 e. The highest BCUT2D eigenvalue weighted by Gasteiger charge is 2.21. The number of hydrogen-bond donors (Lipinski definition) is 1. The summed E-state index contributed by atoms with van der Waals surface area (Å²) < 4.78 is 2.28. The summed E-state index contributed by atoms with van der Waals surface area (Å²) >= 11 is 10.3. The summed E-state index contributed by atoms with van der Waals surface area (Å²) in [6, 6.07) is 3.72. The molecule has 0 saturated carbocycles. The van der Waals surface area contributed by atoms with E-state index in [1.54, 1.807) is 23.0 Å². The van der Waals surface area contributed by atoms with Gasteiger partial charge in [0, 0.05) is 16.8 Å². The van der Waals surface area contributed by atoms with Crippen LogP contribution >= 0.6 is 46.0 Å². The third kappa shape index (κ3) is 3.94. The molecular weight excluding hydrogens is 422 g/mol. The first kappa shape index (κ1) is 19.0. The lowest BCUT2D eigenvalue weighted by Crippen LogP contribution is -2.25. The van der Waals surface area contributed by atoms with Gasteiger partial charge in [-0.25, -0.2) is 4.98 Å². The Bertz CT molecular complexity index is 1070. The van der Waals surface area contributed by atoms with E-state index in [2.05, 4.69) is 10.3 Å². The molecule has 0 saturated heterocycles. The topological polar surface area (TPSA) is 64.0 Å². The maximum absolute atomic E-state index is 12.8. The van der Waals surface area contributed by atoms with Crippen LogP contribution in [0.5, 0.6) is 0 Å². The Balaban J connectivity index is 1.48. The second-order valence-corrected chi connectivity index (χ2v) is 10.2. The first-order valence-electron chi connectivity index (χ1n) is 8.68. The normalized spacial score (nSPS) is 13.7. The van der Waals surface area contributed by atoms with Gasteiger partial charge in [-0.3, -0.25) is 14.2 Å². The van der Waals surface area contributed by atoms with E-state index in [0.717, 1.165) is 34.4 Å². The maximum atomic E-state index is 12.8. The van der Waals surface area contributed by atoms with Gasteiger partial charge in [0.15, 0.2) is 5.16 Å². The second-order valence-electron chi connectivity index (χ2n) is 6.42. The fourth-order valence-corrected chi connectivity index (χ4v) is 6.34. The third-order valence-corrected chi connectivity index (χ3v) is 8.02. The largest absolute Gasteiger partial charge is 0.350 e. The molecular formula is C18H18ClN3O2S3. The Morgan fingerprint density at radius 1 is 1.33 bits per heavy atom. The van der Waals surface area contributed by atoms with E-state index in [-0.39, 0.29) is 17.2 Å². The SMILES string of the molecule is Cn1c(SCC(=O)NCc2ccc(Cl)s2)nc2sc3c(c2c1=O)CCCC3. The Labute approximate surface area is 173 Å². The Hall–Kier alpha value is -1.35. The van der Waals surface area contributed by atoms with Gasteiger partial charge in [0.25, 0.3) is 5.56 Å². The fraction of sp³-hybridized carbons (Fsp3) is 0.389. The molecule has 0 aromatic carbocycles. The van der Waals surface area contributed by atoms with Gasteiger partial charge in [-0.05, 0) is 43.4 Å². The number of halogens is 1. The number of nitrogens with zero attached hydrogens (tertiary/aromatic N) is 2. The van der Waals surface area contributed by atoms with Crippen LogP contribution in [0.15, 0.2) is 22.1 Å². The van der Waals surface area contributed by atoms with Crippen molar-refractivity contribution in [2.24, 2.45) is 7.05 Å². The number of nitrogens with one attached hydrogen (secondary N) is 1. The van der Waals surface area contributed by atoms with Crippen LogP contribution in [0.4, 0.5) is 0 Å². The predicted octanol–water partition coefficient (Wildman–Crippen LogP) is 4.00. The minimum atomic E-state index is -0.0932. The lowest BCUT2D eigenvalue weighted by atomic mass is 9.97. The lowest BCUT2D eigenvalue weighted by Gasteiger charge is -2.10. The molecule has 9 heteroatoms. The van der Waals surface area contributed by atoms with E-state index in [4.69, 9.17) is 11.6 Å². The highest BCUT2D eigenvalue weighted by Crippen LogP contribution is 2.34. The quantitative estimate of drug-likeness (QED) is 0.482. The molecule has 4 rings (SSSR count). The monoisotopic (exact) mass is 439 g/mol. The second kappa shape index (κ2) is 7.95. The zero-order chi connectivity index (χ0) is 19.0. The molecule has 142 valence electrons. The highest BCUT2D eigenvalue weighted by atomic mass is 35.5. The number of amides is 1. The molecule has 0 fully saturated rings. The summed E-state index contributed by atoms with van der Waals surface area (Å²) in [5.41, 5.74) is 1.19. The number of hydrogen-bond acceptors (Lipinski definition) is 6. The van der Waals surface area contributed by atoms with Gasteiger partial charge in [-0.15, -0.1) is 22.7 Å². The van der Waals surface area contributed by atoms with Gasteiger partial charge in [0.1, 0.15) is 4.83 Å². The molecule has 0 unspecified atom stereocenters. The van der Waals surface area contributed by atoms with Crippen LogP contribution in [-0.4, -0.2) is 21.2 Å². The van der Waals surface area contributed by atoms with Crippen molar-refractivity contribution in [3.63, 3.8) is 0 Å². The zero-order valence-corrected chi connectivity index (χ0v) is 17.9. The Morgan fingerprint density at radius 3 is 2.93 bits per heavy atom. The third-order valence-electron chi connectivity index (χ3n) is 4.58. The first-order valence-corrected chi connectivity index (χ1v) is 11.7. The number of thiophene rings is 2. The number of aromatic nitrogens is 2. The van der Waals surface area contributed by atoms with Gasteiger partial charge in [0.2, 0.25) is 5.91 Å². The van der Waals surface area contributed by atoms with Crippen LogP contribution in [0.3, 0.4) is 0 Å². The van der Waals surface area contributed by atoms with Gasteiger partial charge in [-0.1, -0.05) is 23.4 Å². The molecule has 0 spiro atoms. The van der Waals surface area contributed by atoms with E-state index >= 15 is 0 Å². The number of thioether (sulfide) groups is 1. The van der Waals surface area contributed by atoms with Crippen molar-refractivity contribution in [2.75, 3.05) is 5.75 Å². The summed E-state index contributed by atoms with van der Waals surface area (Å²) in [5.74, 6) is 0.125. The standard InChI is InChI=1S/C18H18ClN3O2S3/c1-22-17(24)15-11-4-2-3-5-12(11)27-16(15)21-18(22)25-9-14(23)20-8-10-6-7-13(19)26-10/h6-7H,2-5,8-9H2,1H3,(H,20,23). The maximum Gasteiger partial charge on any atom is 0.262 e. The minimum Gasteiger partial charge on any atom is -0.350 e. The number of rotatable bonds is 5. The van der Waals surface area contributed by atoms with E-state index in [9.17, 15) is 9.59 Å². The summed E-state index contributed by atoms with van der Waals surface area (Å²) in [6.45, 7) is 0.458. The molecule has 3 heterocycles. The van der Waals surface area contributed by atoms with Gasteiger partial charge in [0.05, 0.1) is 22.0 Å². The van der Waals surface area contributed by atoms with Gasteiger partial charge in [-0.2, -0.15) is 0 Å². The molecule has 3 aromatic heterocycles. The zero-order valence-electron chi connectivity index (χ0n) is 14.7. The number of aryl methyl sites for hydroxylation is 2. The van der Waals surface area contributed by atoms with Crippen molar-refractivity contribution in [2.45, 2.75) is 37.4 Å². The molecule has 1 aliphatic carbocycles. The van der Waals surface area contributed by atoms with E-state index in [1.165, 1.54) is 40.0 Å². The number of carbonyl (C=O) groups is 1. The van der Waals surface area contributed by atoms with Crippen LogP contribution < -0.4 is 10.9 Å². The van der Waals surface area contributed by atoms with Crippen LogP contribution in [0.2, 0.25) is 4.34 Å². The van der Waals surface area contributed by atoms with Gasteiger partial charge >= 0.3 is 0 Å². The van der Waals surface area contributed by atoms with Crippen LogP contribution in [0.25, 0.3) is 10.2 Å². The molecule has 3 aromatic rings. The summed E-state index contributed by atoms with van der Waals surface area (Å²) in [5, 5.41) is 4.24. The lowest BCUT2D eigenvalue weighted by molar-refractivity contribution is -0.118. The van der Waals surface area contributed by atoms with Crippen molar-refractivity contribution >= 4 is 62.2 Å². The van der Waals surface area contributed by atoms with E-state index < -0.39 is 0 Å². The molecule has 5 nitrogen and oxygen atoms in total. The predicted molar refractivity (Wildman–Crippen MR) is 113 cm³/mol. The molecule has 1 amide bonds. The van der Waals surface area contributed by atoms with E-state index in [1.807, 2.05) is 12.1 Å². The van der Waals surface area contributed by atoms with E-state index in [0.29, 0.717) is 16.0 Å². The molecule has 1 aliphatic rings. The summed E-state index contributed by atoms with van der Waals surface area (Å²) in [4.78, 5) is 32.8. The molecule has 0 radical (unpaired) electrons. The molecule has 0 atom stereocenters. The summed E-state index contributed by atoms with van der Waals surface area (Å²) in [6.07, 6.45) is 4.32. The van der Waals surface area contributed by atoms with Crippen molar-refractivity contribution in [3.8, 4) is 0 Å². The van der Waals surface area contributed by atoms with Crippen molar-refractivity contribution in [1.29, 1.82) is 0 Å². The number of fused-ring (bicyclic) bond motifs is 3. The Kier molecular flexibility index (Phi) is 5.59. The molecule has 0 bridgehead atoms. The summed E-state index contributed by atoms with van der Waals surface area (Å²) in [7, 11) is 1.73. The molecule has 1 N–H and O–H groups in total. The number of carbonyl (C=O) groups excluding carboxylic acids is 1. The first-order chi connectivity index (χ1) is 13.0. The van der Waals surface area contributed by atoms with Crippen LogP contribution in [0.1, 0.15) is 28.2 Å². The Morgan fingerprint density at radius 2 is 2.15 bits per heavy atom. The van der Waals surface area contributed by atoms with Crippen molar-refractivity contribution in [1.82, 2.24) is 14.9 Å². The molecule has 0 aliphatic heterocycles. The average molecular weight is 440 g/mol. The average Bonchev–Trinajstić information content (AvgIpc) is 3.24. The molecule has 27 heavy (non-hydrogen) atoms. The van der Waals surface area contributed by atoms with Crippen molar-refractivity contribution < 1.29 is 4.79 Å². The highest BCUT2D eigenvalue weighted by molar-refractivity contribution is 7.99. The van der Waals surface area contributed by atoms with Crippen molar-refractivity contribution in [3.05, 3.63) is 42.1 Å².